The lowest BCUT2D eigenvalue weighted by Crippen LogP contribution is -2.46. The molecule has 1 atom stereocenters. The van der Waals surface area contributed by atoms with Crippen LogP contribution in [0.15, 0.2) is 18.2 Å². The van der Waals surface area contributed by atoms with E-state index in [1.165, 1.54) is 38.2 Å². The summed E-state index contributed by atoms with van der Waals surface area (Å²) in [5.41, 5.74) is 3.05. The number of aryl methyl sites for hydroxylation is 1. The molecule has 5 rings (SSSR count). The van der Waals surface area contributed by atoms with Gasteiger partial charge in [0.05, 0.1) is 17.1 Å². The molecule has 0 aliphatic carbocycles. The van der Waals surface area contributed by atoms with E-state index < -0.39 is 0 Å². The van der Waals surface area contributed by atoms with Gasteiger partial charge in [-0.1, -0.05) is 0 Å². The summed E-state index contributed by atoms with van der Waals surface area (Å²) >= 11 is 0. The van der Waals surface area contributed by atoms with Crippen molar-refractivity contribution in [1.29, 1.82) is 0 Å². The molecule has 0 bridgehead atoms. The van der Waals surface area contributed by atoms with Gasteiger partial charge in [0.25, 0.3) is 0 Å². The van der Waals surface area contributed by atoms with Crippen molar-refractivity contribution in [2.45, 2.75) is 31.6 Å². The number of carbonyl (C=O) groups is 2. The number of piperidine rings is 2. The first-order valence-corrected chi connectivity index (χ1v) is 11.6. The summed E-state index contributed by atoms with van der Waals surface area (Å²) < 4.78 is 1.87. The maximum Gasteiger partial charge on any atom is 0.235 e. The van der Waals surface area contributed by atoms with E-state index >= 15 is 0 Å². The van der Waals surface area contributed by atoms with Crippen LogP contribution in [0.25, 0.3) is 10.9 Å². The maximum absolute atomic E-state index is 12.3. The van der Waals surface area contributed by atoms with Crippen LogP contribution in [-0.4, -0.2) is 72.3 Å². The van der Waals surface area contributed by atoms with Gasteiger partial charge in [0.2, 0.25) is 11.8 Å². The Kier molecular flexibility index (Phi) is 5.67. The molecule has 2 N–H and O–H groups in total. The van der Waals surface area contributed by atoms with Crippen LogP contribution in [0.4, 0.5) is 5.69 Å². The van der Waals surface area contributed by atoms with Crippen LogP contribution in [0.1, 0.15) is 37.3 Å². The second-order valence-electron chi connectivity index (χ2n) is 9.20. The number of nitrogens with one attached hydrogen (secondary N) is 2. The normalized spacial score (nSPS) is 24.0. The highest BCUT2D eigenvalue weighted by Crippen LogP contribution is 2.33. The molecular weight excluding hydrogens is 392 g/mol. The number of amides is 2. The van der Waals surface area contributed by atoms with Gasteiger partial charge in [-0.3, -0.25) is 19.6 Å². The molecule has 31 heavy (non-hydrogen) atoms. The molecule has 1 aromatic carbocycles. The van der Waals surface area contributed by atoms with E-state index in [-0.39, 0.29) is 17.7 Å². The lowest BCUT2D eigenvalue weighted by atomic mass is 9.92. The summed E-state index contributed by atoms with van der Waals surface area (Å²) in [6.45, 7) is 7.97. The molecule has 2 aromatic rings. The van der Waals surface area contributed by atoms with Gasteiger partial charge in [-0.05, 0) is 43.4 Å². The summed E-state index contributed by atoms with van der Waals surface area (Å²) in [6.07, 6.45) is 3.36. The molecule has 0 saturated carbocycles. The summed E-state index contributed by atoms with van der Waals surface area (Å²) in [5, 5.41) is 11.6. The number of rotatable bonds is 4. The fourth-order valence-corrected chi connectivity index (χ4v) is 5.31. The lowest BCUT2D eigenvalue weighted by molar-refractivity contribution is -0.134. The van der Waals surface area contributed by atoms with Crippen molar-refractivity contribution in [2.24, 2.45) is 13.0 Å². The first-order chi connectivity index (χ1) is 15.1. The maximum atomic E-state index is 12.3. The van der Waals surface area contributed by atoms with Crippen molar-refractivity contribution in [3.8, 4) is 0 Å². The fourth-order valence-electron chi connectivity index (χ4n) is 5.31. The number of anilines is 1. The monoisotopic (exact) mass is 424 g/mol. The highest BCUT2D eigenvalue weighted by Gasteiger charge is 2.32. The van der Waals surface area contributed by atoms with Crippen molar-refractivity contribution in [3.63, 3.8) is 0 Å². The van der Waals surface area contributed by atoms with Gasteiger partial charge in [-0.25, -0.2) is 0 Å². The number of fused-ring (bicyclic) bond motifs is 1. The van der Waals surface area contributed by atoms with Crippen LogP contribution in [0, 0.1) is 5.92 Å². The van der Waals surface area contributed by atoms with Crippen LogP contribution < -0.4 is 15.5 Å². The molecule has 0 radical (unpaired) electrons. The van der Waals surface area contributed by atoms with E-state index in [9.17, 15) is 9.59 Å². The number of piperazine rings is 1. The Labute approximate surface area is 182 Å². The minimum absolute atomic E-state index is 0.191. The molecule has 8 nitrogen and oxygen atoms in total. The molecule has 3 aliphatic rings. The Morgan fingerprint density at radius 1 is 1.06 bits per heavy atom. The Morgan fingerprint density at radius 3 is 2.58 bits per heavy atom. The third-order valence-corrected chi connectivity index (χ3v) is 7.14. The minimum atomic E-state index is -0.354. The topological polar surface area (TPSA) is 82.5 Å². The molecular formula is C23H32N6O2. The van der Waals surface area contributed by atoms with E-state index in [4.69, 9.17) is 0 Å². The Balaban J connectivity index is 1.28. The Hall–Kier alpha value is -2.45. The smallest absolute Gasteiger partial charge is 0.235 e. The number of carbonyl (C=O) groups excluding carboxylic acids is 2. The number of imide groups is 1. The largest absolute Gasteiger partial charge is 0.371 e. The highest BCUT2D eigenvalue weighted by atomic mass is 16.2. The van der Waals surface area contributed by atoms with Crippen LogP contribution in [0.2, 0.25) is 0 Å². The van der Waals surface area contributed by atoms with Gasteiger partial charge in [0.1, 0.15) is 0 Å². The first-order valence-electron chi connectivity index (χ1n) is 11.6. The number of hydrogen-bond acceptors (Lipinski definition) is 6. The van der Waals surface area contributed by atoms with Crippen molar-refractivity contribution < 1.29 is 9.59 Å². The van der Waals surface area contributed by atoms with Gasteiger partial charge in [-0.15, -0.1) is 0 Å². The average Bonchev–Trinajstić information content (AvgIpc) is 3.11. The second kappa shape index (κ2) is 8.59. The van der Waals surface area contributed by atoms with E-state index in [2.05, 4.69) is 43.7 Å². The van der Waals surface area contributed by atoms with Crippen molar-refractivity contribution >= 4 is 28.4 Å². The third kappa shape index (κ3) is 4.19. The summed E-state index contributed by atoms with van der Waals surface area (Å²) in [4.78, 5) is 28.9. The molecule has 1 unspecified atom stereocenters. The number of aromatic nitrogens is 2. The van der Waals surface area contributed by atoms with E-state index in [0.717, 1.165) is 48.7 Å². The molecule has 3 saturated heterocycles. The summed E-state index contributed by atoms with van der Waals surface area (Å²) in [5.74, 6) is 0.0120. The third-order valence-electron chi connectivity index (χ3n) is 7.14. The summed E-state index contributed by atoms with van der Waals surface area (Å²) in [6, 6.07) is 6.47. The standard InChI is InChI=1S/C23H32N6O2/c1-27-20-14-17(29-10-6-16(7-11-29)15-28-12-8-24-9-13-28)2-3-18(20)22(26-27)19-4-5-21(30)25-23(19)31/h2-3,14,16,19,24H,4-13,15H2,1H3,(H,25,30,31). The molecule has 8 heteroatoms. The number of nitrogens with zero attached hydrogens (tertiary/aromatic N) is 4. The van der Waals surface area contributed by atoms with Crippen molar-refractivity contribution in [2.75, 3.05) is 50.7 Å². The minimum Gasteiger partial charge on any atom is -0.371 e. The summed E-state index contributed by atoms with van der Waals surface area (Å²) in [7, 11) is 1.93. The number of benzene rings is 1. The molecule has 2 amide bonds. The lowest BCUT2D eigenvalue weighted by Gasteiger charge is -2.37. The van der Waals surface area contributed by atoms with E-state index in [1.807, 2.05) is 11.7 Å². The SMILES string of the molecule is Cn1nc(C2CCC(=O)NC2=O)c2ccc(N3CCC(CN4CCNCC4)CC3)cc21. The molecule has 166 valence electrons. The average molecular weight is 425 g/mol. The predicted octanol–water partition coefficient (Wildman–Crippen LogP) is 1.22. The Bertz CT molecular complexity index is 972. The van der Waals surface area contributed by atoms with Crippen LogP contribution in [-0.2, 0) is 16.6 Å². The first kappa shape index (κ1) is 20.5. The zero-order chi connectivity index (χ0) is 21.4. The van der Waals surface area contributed by atoms with Crippen molar-refractivity contribution in [1.82, 2.24) is 25.3 Å². The highest BCUT2D eigenvalue weighted by molar-refractivity contribution is 6.02. The molecule has 3 fully saturated rings. The molecule has 3 aliphatic heterocycles. The predicted molar refractivity (Wildman–Crippen MR) is 120 cm³/mol. The fraction of sp³-hybridized carbons (Fsp3) is 0.609. The molecule has 4 heterocycles. The van der Waals surface area contributed by atoms with E-state index in [1.54, 1.807) is 0 Å². The molecule has 1 aromatic heterocycles. The quantitative estimate of drug-likeness (QED) is 0.718. The van der Waals surface area contributed by atoms with Gasteiger partial charge in [-0.2, -0.15) is 5.10 Å². The van der Waals surface area contributed by atoms with Crippen molar-refractivity contribution in [3.05, 3.63) is 23.9 Å². The zero-order valence-corrected chi connectivity index (χ0v) is 18.3. The van der Waals surface area contributed by atoms with Gasteiger partial charge >= 0.3 is 0 Å². The van der Waals surface area contributed by atoms with Crippen LogP contribution >= 0.6 is 0 Å². The molecule has 0 spiro atoms. The van der Waals surface area contributed by atoms with E-state index in [0.29, 0.717) is 12.8 Å². The van der Waals surface area contributed by atoms with Crippen LogP contribution in [0.5, 0.6) is 0 Å². The second-order valence-corrected chi connectivity index (χ2v) is 9.20. The van der Waals surface area contributed by atoms with Gasteiger partial charge in [0.15, 0.2) is 0 Å². The van der Waals surface area contributed by atoms with Crippen LogP contribution in [0.3, 0.4) is 0 Å². The van der Waals surface area contributed by atoms with Gasteiger partial charge in [0, 0.05) is 70.4 Å². The Morgan fingerprint density at radius 2 is 1.84 bits per heavy atom. The number of hydrogen-bond donors (Lipinski definition) is 2. The van der Waals surface area contributed by atoms with Gasteiger partial charge < -0.3 is 15.1 Å². The zero-order valence-electron chi connectivity index (χ0n) is 18.3.